The summed E-state index contributed by atoms with van der Waals surface area (Å²) in [5.41, 5.74) is 9.53. The monoisotopic (exact) mass is 272 g/mol. The van der Waals surface area contributed by atoms with Crippen molar-refractivity contribution in [2.24, 2.45) is 11.7 Å². The second-order valence-electron chi connectivity index (χ2n) is 4.22. The lowest BCUT2D eigenvalue weighted by Crippen LogP contribution is -2.32. The molecule has 104 valence electrons. The SMILES string of the molecule is NC(=O)C1C[C@H](n2cc(F)c(N)nc2=O)O[C@@H]1CO. The first kappa shape index (κ1) is 13.4. The molecule has 0 aromatic carbocycles. The molecule has 2 rings (SSSR count). The van der Waals surface area contributed by atoms with E-state index in [2.05, 4.69) is 4.98 Å². The normalized spacial score (nSPS) is 26.5. The molecule has 3 atom stereocenters. The summed E-state index contributed by atoms with van der Waals surface area (Å²) >= 11 is 0. The molecular weight excluding hydrogens is 259 g/mol. The molecule has 0 bridgehead atoms. The second-order valence-corrected chi connectivity index (χ2v) is 4.22. The van der Waals surface area contributed by atoms with Gasteiger partial charge in [0.15, 0.2) is 11.6 Å². The van der Waals surface area contributed by atoms with Gasteiger partial charge in [0.1, 0.15) is 6.23 Å². The van der Waals surface area contributed by atoms with Crippen molar-refractivity contribution in [3.63, 3.8) is 0 Å². The van der Waals surface area contributed by atoms with E-state index < -0.39 is 48.1 Å². The number of carbonyl (C=O) groups excluding carboxylic acids is 1. The van der Waals surface area contributed by atoms with E-state index in [0.29, 0.717) is 0 Å². The molecule has 1 saturated heterocycles. The highest BCUT2D eigenvalue weighted by Gasteiger charge is 2.39. The van der Waals surface area contributed by atoms with Gasteiger partial charge < -0.3 is 21.3 Å². The van der Waals surface area contributed by atoms with Crippen molar-refractivity contribution in [3.05, 3.63) is 22.5 Å². The highest BCUT2D eigenvalue weighted by Crippen LogP contribution is 2.32. The summed E-state index contributed by atoms with van der Waals surface area (Å²) in [6, 6.07) is 0. The summed E-state index contributed by atoms with van der Waals surface area (Å²) in [6.07, 6.45) is -0.821. The van der Waals surface area contributed by atoms with Crippen LogP contribution in [0.25, 0.3) is 0 Å². The molecule has 5 N–H and O–H groups in total. The Morgan fingerprint density at radius 3 is 2.89 bits per heavy atom. The Morgan fingerprint density at radius 1 is 1.68 bits per heavy atom. The third-order valence-electron chi connectivity index (χ3n) is 3.03. The van der Waals surface area contributed by atoms with Gasteiger partial charge in [0, 0.05) is 6.42 Å². The van der Waals surface area contributed by atoms with Gasteiger partial charge in [-0.25, -0.2) is 9.18 Å². The first-order valence-corrected chi connectivity index (χ1v) is 5.53. The predicted octanol–water partition coefficient (Wildman–Crippen LogP) is -1.65. The number of nitrogen functional groups attached to an aromatic ring is 1. The number of aromatic nitrogens is 2. The van der Waals surface area contributed by atoms with Crippen molar-refractivity contribution in [3.8, 4) is 0 Å². The summed E-state index contributed by atoms with van der Waals surface area (Å²) in [4.78, 5) is 26.1. The number of aliphatic hydroxyl groups is 1. The van der Waals surface area contributed by atoms with Crippen LogP contribution in [0.2, 0.25) is 0 Å². The summed E-state index contributed by atoms with van der Waals surface area (Å²) < 4.78 is 19.5. The van der Waals surface area contributed by atoms with Crippen LogP contribution in [0.3, 0.4) is 0 Å². The molecule has 0 aliphatic carbocycles. The minimum atomic E-state index is -0.912. The molecule has 1 aliphatic heterocycles. The molecule has 1 aliphatic rings. The molecule has 1 unspecified atom stereocenters. The minimum absolute atomic E-state index is 0.0610. The van der Waals surface area contributed by atoms with Crippen LogP contribution in [-0.2, 0) is 9.53 Å². The Balaban J connectivity index is 2.32. The van der Waals surface area contributed by atoms with Gasteiger partial charge in [-0.15, -0.1) is 0 Å². The lowest BCUT2D eigenvalue weighted by Gasteiger charge is -2.14. The van der Waals surface area contributed by atoms with E-state index in [1.165, 1.54) is 0 Å². The van der Waals surface area contributed by atoms with Crippen molar-refractivity contribution in [2.75, 3.05) is 12.3 Å². The fourth-order valence-corrected chi connectivity index (χ4v) is 2.03. The van der Waals surface area contributed by atoms with Gasteiger partial charge in [0.05, 0.1) is 24.8 Å². The number of primary amides is 1. The number of ether oxygens (including phenoxy) is 1. The Hall–Kier alpha value is -2.00. The zero-order chi connectivity index (χ0) is 14.2. The molecule has 0 saturated carbocycles. The quantitative estimate of drug-likeness (QED) is 0.603. The maximum absolute atomic E-state index is 13.3. The van der Waals surface area contributed by atoms with Crippen molar-refractivity contribution < 1.29 is 19.0 Å². The van der Waals surface area contributed by atoms with E-state index in [9.17, 15) is 14.0 Å². The summed E-state index contributed by atoms with van der Waals surface area (Å²) in [7, 11) is 0. The molecule has 1 aromatic heterocycles. The predicted molar refractivity (Wildman–Crippen MR) is 61.2 cm³/mol. The van der Waals surface area contributed by atoms with Crippen molar-refractivity contribution in [2.45, 2.75) is 18.8 Å². The lowest BCUT2D eigenvalue weighted by molar-refractivity contribution is -0.124. The van der Waals surface area contributed by atoms with Crippen LogP contribution in [0.15, 0.2) is 11.0 Å². The van der Waals surface area contributed by atoms with Gasteiger partial charge in [0.25, 0.3) is 0 Å². The summed E-state index contributed by atoms with van der Waals surface area (Å²) in [6.45, 7) is -0.427. The topological polar surface area (TPSA) is 133 Å². The number of halogens is 1. The highest BCUT2D eigenvalue weighted by molar-refractivity contribution is 5.77. The molecule has 0 spiro atoms. The molecule has 2 heterocycles. The van der Waals surface area contributed by atoms with Crippen molar-refractivity contribution in [1.29, 1.82) is 0 Å². The molecule has 0 radical (unpaired) electrons. The molecule has 1 amide bonds. The average Bonchev–Trinajstić information content (AvgIpc) is 2.77. The first-order chi connectivity index (χ1) is 8.93. The standard InChI is InChI=1S/C10H13FN4O4/c11-5-2-15(10(18)14-8(5)12)7-1-4(9(13)17)6(3-16)19-7/h2,4,6-7,16H,1,3H2,(H2,13,17)(H2,12,14,18)/t4?,6-,7-/m1/s1. The highest BCUT2D eigenvalue weighted by atomic mass is 19.1. The van der Waals surface area contributed by atoms with Crippen LogP contribution in [0.5, 0.6) is 0 Å². The second kappa shape index (κ2) is 4.94. The maximum Gasteiger partial charge on any atom is 0.351 e. The van der Waals surface area contributed by atoms with Crippen LogP contribution >= 0.6 is 0 Å². The number of nitrogens with two attached hydrogens (primary N) is 2. The number of carbonyl (C=O) groups is 1. The lowest BCUT2D eigenvalue weighted by atomic mass is 10.0. The van der Waals surface area contributed by atoms with Crippen LogP contribution < -0.4 is 17.2 Å². The van der Waals surface area contributed by atoms with Gasteiger partial charge in [-0.3, -0.25) is 9.36 Å². The number of aliphatic hydroxyl groups excluding tert-OH is 1. The first-order valence-electron chi connectivity index (χ1n) is 5.53. The van der Waals surface area contributed by atoms with Gasteiger partial charge in [-0.1, -0.05) is 0 Å². The summed E-state index contributed by atoms with van der Waals surface area (Å²) in [5, 5.41) is 9.09. The van der Waals surface area contributed by atoms with Gasteiger partial charge >= 0.3 is 5.69 Å². The number of nitrogens with zero attached hydrogens (tertiary/aromatic N) is 2. The van der Waals surface area contributed by atoms with Crippen LogP contribution in [0.4, 0.5) is 10.2 Å². The van der Waals surface area contributed by atoms with Crippen molar-refractivity contribution in [1.82, 2.24) is 9.55 Å². The fraction of sp³-hybridized carbons (Fsp3) is 0.500. The molecule has 19 heavy (non-hydrogen) atoms. The number of rotatable bonds is 3. The Morgan fingerprint density at radius 2 is 2.37 bits per heavy atom. The Labute approximate surface area is 106 Å². The van der Waals surface area contributed by atoms with Gasteiger partial charge in [-0.2, -0.15) is 4.98 Å². The molecule has 1 aromatic rings. The van der Waals surface area contributed by atoms with Gasteiger partial charge in [0.2, 0.25) is 5.91 Å². The third-order valence-corrected chi connectivity index (χ3v) is 3.03. The molecule has 9 heteroatoms. The zero-order valence-electron chi connectivity index (χ0n) is 9.82. The molecule has 1 fully saturated rings. The number of hydrogen-bond acceptors (Lipinski definition) is 6. The van der Waals surface area contributed by atoms with E-state index in [4.69, 9.17) is 21.3 Å². The Kier molecular flexibility index (Phi) is 3.49. The fourth-order valence-electron chi connectivity index (χ4n) is 2.03. The average molecular weight is 272 g/mol. The molecular formula is C10H13FN4O4. The zero-order valence-corrected chi connectivity index (χ0v) is 9.82. The Bertz CT molecular complexity index is 561. The summed E-state index contributed by atoms with van der Waals surface area (Å²) in [5.74, 6) is -2.78. The van der Waals surface area contributed by atoms with E-state index in [0.717, 1.165) is 10.8 Å². The minimum Gasteiger partial charge on any atom is -0.394 e. The smallest absolute Gasteiger partial charge is 0.351 e. The van der Waals surface area contributed by atoms with E-state index in [1.54, 1.807) is 0 Å². The number of amides is 1. The van der Waals surface area contributed by atoms with Crippen LogP contribution in [0.1, 0.15) is 12.6 Å². The van der Waals surface area contributed by atoms with E-state index >= 15 is 0 Å². The largest absolute Gasteiger partial charge is 0.394 e. The number of hydrogen-bond donors (Lipinski definition) is 3. The van der Waals surface area contributed by atoms with E-state index in [1.807, 2.05) is 0 Å². The van der Waals surface area contributed by atoms with Gasteiger partial charge in [-0.05, 0) is 0 Å². The van der Waals surface area contributed by atoms with E-state index in [-0.39, 0.29) is 6.42 Å². The van der Waals surface area contributed by atoms with Crippen molar-refractivity contribution >= 4 is 11.7 Å². The molecule has 8 nitrogen and oxygen atoms in total. The van der Waals surface area contributed by atoms with Crippen LogP contribution in [0, 0.1) is 11.7 Å². The maximum atomic E-state index is 13.3. The number of anilines is 1. The third kappa shape index (κ3) is 2.42. The van der Waals surface area contributed by atoms with Crippen LogP contribution in [-0.4, -0.2) is 33.3 Å².